The monoisotopic (exact) mass is 414 g/mol. The molecule has 4 aromatic rings. The largest absolute Gasteiger partial charge is 0.457 e. The minimum atomic E-state index is -0.175. The summed E-state index contributed by atoms with van der Waals surface area (Å²) in [5, 5.41) is 0. The fourth-order valence-corrected chi connectivity index (χ4v) is 4.25. The highest BCUT2D eigenvalue weighted by Gasteiger charge is 2.26. The average Bonchev–Trinajstić information content (AvgIpc) is 3.09. The maximum Gasteiger partial charge on any atom is 0.334 e. The van der Waals surface area contributed by atoms with Crippen LogP contribution in [0.4, 0.5) is 5.82 Å². The van der Waals surface area contributed by atoms with E-state index < -0.39 is 0 Å². The number of carbonyl (C=O) groups is 1. The molecule has 0 saturated heterocycles. The summed E-state index contributed by atoms with van der Waals surface area (Å²) in [5.74, 6) is 1.96. The highest BCUT2D eigenvalue weighted by molar-refractivity contribution is 5.87. The predicted molar refractivity (Wildman–Crippen MR) is 119 cm³/mol. The number of Topliss-reactive ketones (excluding diaryl/α,β-unsaturated/α-hetero) is 1. The molecule has 0 atom stereocenters. The average molecular weight is 414 g/mol. The molecule has 2 N–H and O–H groups in total. The third-order valence-electron chi connectivity index (χ3n) is 5.76. The van der Waals surface area contributed by atoms with Crippen molar-refractivity contribution in [2.75, 3.05) is 5.73 Å². The zero-order valence-corrected chi connectivity index (χ0v) is 16.9. The summed E-state index contributed by atoms with van der Waals surface area (Å²) in [5.41, 5.74) is 8.03. The Morgan fingerprint density at radius 2 is 1.58 bits per heavy atom. The van der Waals surface area contributed by atoms with E-state index in [9.17, 15) is 9.59 Å². The van der Waals surface area contributed by atoms with Gasteiger partial charge in [-0.05, 0) is 55.3 Å². The fraction of sp³-hybridized carbons (Fsp3) is 0.208. The third-order valence-corrected chi connectivity index (χ3v) is 5.76. The highest BCUT2D eigenvalue weighted by atomic mass is 16.5. The first-order chi connectivity index (χ1) is 15.1. The third kappa shape index (κ3) is 3.48. The van der Waals surface area contributed by atoms with Crippen LogP contribution >= 0.6 is 0 Å². The number of ketones is 1. The van der Waals surface area contributed by atoms with Crippen molar-refractivity contribution in [3.63, 3.8) is 0 Å². The number of para-hydroxylation sites is 1. The lowest BCUT2D eigenvalue weighted by Crippen LogP contribution is -2.29. The predicted octanol–water partition coefficient (Wildman–Crippen LogP) is 4.25. The van der Waals surface area contributed by atoms with E-state index in [1.807, 2.05) is 60.7 Å². The molecule has 0 bridgehead atoms. The number of pyridine rings is 1. The van der Waals surface area contributed by atoms with Crippen LogP contribution in [-0.4, -0.2) is 19.9 Å². The topological polar surface area (TPSA) is 92.1 Å². The van der Waals surface area contributed by atoms with Crippen molar-refractivity contribution in [2.45, 2.75) is 31.7 Å². The molecule has 1 fully saturated rings. The summed E-state index contributed by atoms with van der Waals surface area (Å²) in [7, 11) is 0. The normalized spacial score (nSPS) is 14.8. The Bertz CT molecular complexity index is 1300. The zero-order valence-electron chi connectivity index (χ0n) is 16.9. The van der Waals surface area contributed by atoms with Crippen molar-refractivity contribution in [3.05, 3.63) is 77.3 Å². The van der Waals surface area contributed by atoms with Gasteiger partial charge in [-0.1, -0.05) is 18.2 Å². The molecule has 2 aromatic heterocycles. The number of nitrogen functional groups attached to an aromatic ring is 1. The number of anilines is 1. The Kier molecular flexibility index (Phi) is 4.78. The van der Waals surface area contributed by atoms with E-state index in [-0.39, 0.29) is 17.5 Å². The number of nitrogens with zero attached hydrogens (tertiary/aromatic N) is 3. The van der Waals surface area contributed by atoms with Crippen LogP contribution in [0.15, 0.2) is 71.7 Å². The number of hydrogen-bond acceptors (Lipinski definition) is 5. The molecule has 156 valence electrons. The van der Waals surface area contributed by atoms with E-state index in [1.165, 1.54) is 0 Å². The van der Waals surface area contributed by atoms with Gasteiger partial charge in [-0.25, -0.2) is 9.78 Å². The Balaban J connectivity index is 1.58. The summed E-state index contributed by atoms with van der Waals surface area (Å²) < 4.78 is 9.23. The van der Waals surface area contributed by atoms with Gasteiger partial charge in [0, 0.05) is 25.1 Å². The van der Waals surface area contributed by atoms with Crippen LogP contribution in [0.5, 0.6) is 11.5 Å². The maximum absolute atomic E-state index is 13.5. The van der Waals surface area contributed by atoms with Gasteiger partial charge >= 0.3 is 5.69 Å². The molecule has 7 nitrogen and oxygen atoms in total. The number of carbonyl (C=O) groups excluding carboxylic acids is 1. The molecule has 0 radical (unpaired) electrons. The Hall–Kier alpha value is -3.87. The Morgan fingerprint density at radius 3 is 2.29 bits per heavy atom. The standard InChI is InChI=1S/C24H22N4O3/c25-23-22-21(14-15-26-23)27(16-6-10-18(29)11-7-16)24(30)28(22)17-8-12-20(13-9-17)31-19-4-2-1-3-5-19/h1-5,8-9,12-16H,6-7,10-11H2,(H2,25,26). The quantitative estimate of drug-likeness (QED) is 0.539. The van der Waals surface area contributed by atoms with Gasteiger partial charge in [0.15, 0.2) is 0 Å². The molecule has 7 heteroatoms. The van der Waals surface area contributed by atoms with Gasteiger partial charge in [0.2, 0.25) is 0 Å². The molecule has 0 aliphatic heterocycles. The minimum Gasteiger partial charge on any atom is -0.457 e. The first kappa shape index (κ1) is 19.1. The van der Waals surface area contributed by atoms with Crippen molar-refractivity contribution in [1.29, 1.82) is 0 Å². The van der Waals surface area contributed by atoms with Crippen molar-refractivity contribution in [3.8, 4) is 17.2 Å². The highest BCUT2D eigenvalue weighted by Crippen LogP contribution is 2.31. The summed E-state index contributed by atoms with van der Waals surface area (Å²) in [4.78, 5) is 29.4. The molecule has 5 rings (SSSR count). The molecule has 1 aliphatic rings. The molecule has 0 amide bonds. The molecule has 2 aromatic carbocycles. The summed E-state index contributed by atoms with van der Waals surface area (Å²) in [6, 6.07) is 18.6. The Labute approximate surface area is 178 Å². The lowest BCUT2D eigenvalue weighted by molar-refractivity contribution is -0.120. The molecule has 0 unspecified atom stereocenters. The van der Waals surface area contributed by atoms with E-state index >= 15 is 0 Å². The van der Waals surface area contributed by atoms with Crippen molar-refractivity contribution in [1.82, 2.24) is 14.1 Å². The number of nitrogens with two attached hydrogens (primary N) is 1. The number of ether oxygens (including phenoxy) is 1. The van der Waals surface area contributed by atoms with Crippen molar-refractivity contribution < 1.29 is 9.53 Å². The number of aromatic nitrogens is 3. The van der Waals surface area contributed by atoms with Gasteiger partial charge in [-0.3, -0.25) is 13.9 Å². The van der Waals surface area contributed by atoms with Gasteiger partial charge in [0.25, 0.3) is 0 Å². The van der Waals surface area contributed by atoms with Crippen LogP contribution in [0.3, 0.4) is 0 Å². The van der Waals surface area contributed by atoms with E-state index in [1.54, 1.807) is 15.3 Å². The van der Waals surface area contributed by atoms with E-state index in [4.69, 9.17) is 10.5 Å². The number of fused-ring (bicyclic) bond motifs is 1. The summed E-state index contributed by atoms with van der Waals surface area (Å²) in [6.45, 7) is 0. The SMILES string of the molecule is Nc1nccc2c1n(-c1ccc(Oc3ccccc3)cc1)c(=O)n2C1CCC(=O)CC1. The number of imidazole rings is 1. The molecule has 2 heterocycles. The lowest BCUT2D eigenvalue weighted by Gasteiger charge is -2.22. The van der Waals surface area contributed by atoms with Crippen LogP contribution in [0, 0.1) is 0 Å². The van der Waals surface area contributed by atoms with Crippen LogP contribution in [0.2, 0.25) is 0 Å². The molecule has 31 heavy (non-hydrogen) atoms. The van der Waals surface area contributed by atoms with E-state index in [0.717, 1.165) is 11.3 Å². The molecule has 1 aliphatic carbocycles. The first-order valence-electron chi connectivity index (χ1n) is 10.3. The second kappa shape index (κ2) is 7.75. The number of rotatable bonds is 4. The second-order valence-corrected chi connectivity index (χ2v) is 7.73. The lowest BCUT2D eigenvalue weighted by atomic mass is 9.94. The van der Waals surface area contributed by atoms with Crippen LogP contribution in [-0.2, 0) is 4.79 Å². The second-order valence-electron chi connectivity index (χ2n) is 7.73. The van der Waals surface area contributed by atoms with Crippen LogP contribution < -0.4 is 16.2 Å². The zero-order chi connectivity index (χ0) is 21.4. The van der Waals surface area contributed by atoms with Crippen molar-refractivity contribution >= 4 is 22.6 Å². The van der Waals surface area contributed by atoms with Gasteiger partial charge < -0.3 is 10.5 Å². The molecule has 1 saturated carbocycles. The molecule has 0 spiro atoms. The van der Waals surface area contributed by atoms with Crippen LogP contribution in [0.1, 0.15) is 31.7 Å². The van der Waals surface area contributed by atoms with Gasteiger partial charge in [0.05, 0.1) is 11.2 Å². The smallest absolute Gasteiger partial charge is 0.334 e. The molecular formula is C24H22N4O3. The van der Waals surface area contributed by atoms with Gasteiger partial charge in [-0.15, -0.1) is 0 Å². The summed E-state index contributed by atoms with van der Waals surface area (Å²) in [6.07, 6.45) is 3.92. The van der Waals surface area contributed by atoms with Crippen LogP contribution in [0.25, 0.3) is 16.7 Å². The minimum absolute atomic E-state index is 0.0311. The Morgan fingerprint density at radius 1 is 0.903 bits per heavy atom. The van der Waals surface area contributed by atoms with E-state index in [0.29, 0.717) is 48.5 Å². The molecular weight excluding hydrogens is 392 g/mol. The van der Waals surface area contributed by atoms with E-state index in [2.05, 4.69) is 4.98 Å². The fourth-order valence-electron chi connectivity index (χ4n) is 4.25. The number of benzene rings is 2. The van der Waals surface area contributed by atoms with Crippen molar-refractivity contribution in [2.24, 2.45) is 0 Å². The summed E-state index contributed by atoms with van der Waals surface area (Å²) >= 11 is 0. The van der Waals surface area contributed by atoms with Gasteiger partial charge in [-0.2, -0.15) is 0 Å². The maximum atomic E-state index is 13.5. The van der Waals surface area contributed by atoms with Gasteiger partial charge in [0.1, 0.15) is 28.6 Å². The number of hydrogen-bond donors (Lipinski definition) is 1. The first-order valence-corrected chi connectivity index (χ1v) is 10.3.